The Bertz CT molecular complexity index is 638. The molecule has 6 nitrogen and oxygen atoms in total. The molecule has 0 aliphatic rings. The van der Waals surface area contributed by atoms with E-state index >= 15 is 0 Å². The molecule has 0 spiro atoms. The molecule has 2 aromatic carbocycles. The second kappa shape index (κ2) is 17.2. The molecule has 0 amide bonds. The van der Waals surface area contributed by atoms with E-state index in [1.807, 2.05) is 6.07 Å². The Hall–Kier alpha value is -2.23. The first-order valence-electron chi connectivity index (χ1n) is 7.62. The summed E-state index contributed by atoms with van der Waals surface area (Å²) in [5, 5.41) is 26.7. The number of benzene rings is 2. The second-order valence-electron chi connectivity index (χ2n) is 5.22. The van der Waals surface area contributed by atoms with Crippen LogP contribution < -0.4 is 15.3 Å². The van der Waals surface area contributed by atoms with Crippen LogP contribution in [0.1, 0.15) is 31.9 Å². The average molecular weight is 567 g/mol. The van der Waals surface area contributed by atoms with Crippen LogP contribution in [0.15, 0.2) is 48.5 Å². The fourth-order valence-corrected chi connectivity index (χ4v) is 1.77. The van der Waals surface area contributed by atoms with Gasteiger partial charge in [0.15, 0.2) is 0 Å². The van der Waals surface area contributed by atoms with Crippen LogP contribution in [0, 0.1) is 13.8 Å². The Balaban J connectivity index is -0.000000371. The van der Waals surface area contributed by atoms with Crippen LogP contribution in [-0.2, 0) is 14.4 Å². The number of hydrogen-bond donors (Lipinski definition) is 0. The first-order chi connectivity index (χ1) is 12.0. The molecule has 0 unspecified atom stereocenters. The van der Waals surface area contributed by atoms with E-state index in [2.05, 4.69) is 56.3 Å². The number of hydrogen-bond acceptors (Lipinski definition) is 6. The van der Waals surface area contributed by atoms with Gasteiger partial charge >= 0.3 is 0 Å². The summed E-state index contributed by atoms with van der Waals surface area (Å²) in [4.78, 5) is 26.7. The van der Waals surface area contributed by atoms with E-state index in [1.165, 1.54) is 22.3 Å². The van der Waals surface area contributed by atoms with Gasteiger partial charge in [-0.2, -0.15) is 0 Å². The van der Waals surface area contributed by atoms with Gasteiger partial charge in [0, 0.05) is 45.2 Å². The minimum Gasteiger partial charge on any atom is -0.550 e. The van der Waals surface area contributed by atoms with E-state index < -0.39 is 17.9 Å². The van der Waals surface area contributed by atoms with Crippen molar-refractivity contribution in [1.29, 1.82) is 0 Å². The third-order valence-electron chi connectivity index (χ3n) is 2.33. The smallest absolute Gasteiger partial charge is 0.0383 e. The van der Waals surface area contributed by atoms with Gasteiger partial charge in [-0.15, -0.1) is 0 Å². The number of rotatable bonds is 1. The van der Waals surface area contributed by atoms with Gasteiger partial charge < -0.3 is 29.7 Å². The normalized spacial score (nSPS) is 8.04. The van der Waals surface area contributed by atoms with Crippen molar-refractivity contribution in [2.24, 2.45) is 0 Å². The van der Waals surface area contributed by atoms with Crippen molar-refractivity contribution < 1.29 is 29.7 Å². The van der Waals surface area contributed by atoms with Crippen LogP contribution in [0.3, 0.4) is 0 Å². The average Bonchev–Trinajstić information content (AvgIpc) is 2.45. The second-order valence-corrected chi connectivity index (χ2v) is 5.22. The first kappa shape index (κ1) is 29.5. The van der Waals surface area contributed by atoms with Gasteiger partial charge in [-0.05, 0) is 45.7 Å². The zero-order valence-electron chi connectivity index (χ0n) is 16.1. The third-order valence-corrected chi connectivity index (χ3v) is 2.33. The van der Waals surface area contributed by atoms with Gasteiger partial charge in [0.1, 0.15) is 0 Å². The van der Waals surface area contributed by atoms with Crippen LogP contribution in [0.5, 0.6) is 0 Å². The molecule has 0 fully saturated rings. The van der Waals surface area contributed by atoms with Crippen LogP contribution in [0.4, 0.5) is 0 Å². The molecule has 0 aromatic heterocycles. The van der Waals surface area contributed by atoms with E-state index in [9.17, 15) is 0 Å². The van der Waals surface area contributed by atoms with Crippen LogP contribution in [0.2, 0.25) is 0 Å². The Kier molecular flexibility index (Phi) is 18.8. The van der Waals surface area contributed by atoms with E-state index in [0.29, 0.717) is 0 Å². The molecular weight excluding hydrogens is 543 g/mol. The van der Waals surface area contributed by atoms with Crippen molar-refractivity contribution in [1.82, 2.24) is 0 Å². The monoisotopic (exact) mass is 567 g/mol. The van der Waals surface area contributed by atoms with Crippen LogP contribution >= 0.6 is 0 Å². The topological polar surface area (TPSA) is 120 Å². The Morgan fingerprint density at radius 3 is 1.22 bits per heavy atom. The summed E-state index contributed by atoms with van der Waals surface area (Å²) >= 11 is 0. The molecule has 0 N–H and O–H groups in total. The predicted molar refractivity (Wildman–Crippen MR) is 99.1 cm³/mol. The standard InChI is InChI=1S/C14H14.3C2H4O2.Pb/c1-11-8-12(2)10-14(9-11)13-6-4-3-5-7-13;3*1-2(3)4;/h3-10H,1-2H3;3*1H3,(H,3,4);/p-3. The quantitative estimate of drug-likeness (QED) is 0.443. The molecule has 7 heteroatoms. The van der Waals surface area contributed by atoms with E-state index in [0.717, 1.165) is 20.8 Å². The van der Waals surface area contributed by atoms with Gasteiger partial charge in [0.25, 0.3) is 0 Å². The van der Waals surface area contributed by atoms with Crippen molar-refractivity contribution >= 4 is 45.2 Å². The molecule has 0 aliphatic carbocycles. The predicted octanol–water partition coefficient (Wildman–Crippen LogP) is -0.142. The van der Waals surface area contributed by atoms with Crippen molar-refractivity contribution in [2.45, 2.75) is 34.6 Å². The van der Waals surface area contributed by atoms with Gasteiger partial charge in [0.2, 0.25) is 0 Å². The molecule has 0 saturated heterocycles. The third kappa shape index (κ3) is 23.8. The maximum absolute atomic E-state index is 8.89. The SMILES string of the molecule is CC(=O)[O-].CC(=O)[O-].CC(=O)[O-].Cc1cc(C)cc(-c2ccccc2)c1.[Pb]. The summed E-state index contributed by atoms with van der Waals surface area (Å²) in [6.45, 7) is 7.19. The summed E-state index contributed by atoms with van der Waals surface area (Å²) in [7, 11) is 0. The number of aliphatic carboxylic acids is 3. The molecule has 0 atom stereocenters. The minimum atomic E-state index is -1.08. The minimum absolute atomic E-state index is 0. The Morgan fingerprint density at radius 1 is 0.630 bits per heavy atom. The number of aryl methyl sites for hydroxylation is 2. The van der Waals surface area contributed by atoms with Crippen molar-refractivity contribution in [3.05, 3.63) is 59.7 Å². The molecule has 4 radical (unpaired) electrons. The van der Waals surface area contributed by atoms with Crippen molar-refractivity contribution in [2.75, 3.05) is 0 Å². The molecule has 146 valence electrons. The van der Waals surface area contributed by atoms with Crippen LogP contribution in [-0.4, -0.2) is 45.2 Å². The molecule has 0 saturated carbocycles. The molecule has 2 aromatic rings. The first-order valence-corrected chi connectivity index (χ1v) is 7.62. The fourth-order valence-electron chi connectivity index (χ4n) is 1.77. The van der Waals surface area contributed by atoms with E-state index in [-0.39, 0.29) is 27.3 Å². The van der Waals surface area contributed by atoms with Crippen molar-refractivity contribution in [3.63, 3.8) is 0 Å². The fraction of sp³-hybridized carbons (Fsp3) is 0.250. The molecule has 0 aliphatic heterocycles. The molecular formula is C20H23O6Pb-3. The summed E-state index contributed by atoms with van der Waals surface area (Å²) in [5.74, 6) is -3.25. The van der Waals surface area contributed by atoms with Crippen LogP contribution in [0.25, 0.3) is 11.1 Å². The van der Waals surface area contributed by atoms with Gasteiger partial charge in [0.05, 0.1) is 0 Å². The summed E-state index contributed by atoms with van der Waals surface area (Å²) in [6, 6.07) is 17.1. The zero-order chi connectivity index (χ0) is 20.7. The number of carbonyl (C=O) groups excluding carboxylic acids is 3. The Morgan fingerprint density at radius 2 is 0.926 bits per heavy atom. The Labute approximate surface area is 180 Å². The van der Waals surface area contributed by atoms with Gasteiger partial charge in [-0.3, -0.25) is 0 Å². The van der Waals surface area contributed by atoms with Gasteiger partial charge in [-0.1, -0.05) is 59.7 Å². The van der Waals surface area contributed by atoms with E-state index in [1.54, 1.807) is 0 Å². The molecule has 0 heterocycles. The molecule has 0 bridgehead atoms. The summed E-state index contributed by atoms with van der Waals surface area (Å²) in [5.41, 5.74) is 5.25. The summed E-state index contributed by atoms with van der Waals surface area (Å²) < 4.78 is 0. The largest absolute Gasteiger partial charge is 0.550 e. The zero-order valence-corrected chi connectivity index (χ0v) is 20.0. The maximum Gasteiger partial charge on any atom is 0.0383 e. The number of carbonyl (C=O) groups is 3. The molecule has 27 heavy (non-hydrogen) atoms. The van der Waals surface area contributed by atoms with Gasteiger partial charge in [-0.25, -0.2) is 0 Å². The molecule has 2 rings (SSSR count). The number of carboxylic acids is 3. The number of carboxylic acid groups (broad SMARTS) is 3. The van der Waals surface area contributed by atoms with E-state index in [4.69, 9.17) is 29.7 Å². The van der Waals surface area contributed by atoms with Crippen molar-refractivity contribution in [3.8, 4) is 11.1 Å². The summed E-state index contributed by atoms with van der Waals surface area (Å²) in [6.07, 6.45) is 0. The maximum atomic E-state index is 8.89.